The fourth-order valence-corrected chi connectivity index (χ4v) is 6.30. The first-order valence-electron chi connectivity index (χ1n) is 10.0. The van der Waals surface area contributed by atoms with Crippen LogP contribution in [0.2, 0.25) is 0 Å². The monoisotopic (exact) mass is 323 g/mol. The predicted molar refractivity (Wildman–Crippen MR) is 94.3 cm³/mol. The van der Waals surface area contributed by atoms with Crippen molar-refractivity contribution in [3.8, 4) is 0 Å². The van der Waals surface area contributed by atoms with Crippen LogP contribution in [0.5, 0.6) is 0 Å². The first-order chi connectivity index (χ1) is 11.0. The van der Waals surface area contributed by atoms with Gasteiger partial charge in [0, 0.05) is 12.6 Å². The van der Waals surface area contributed by atoms with Crippen LogP contribution in [0.25, 0.3) is 0 Å². The van der Waals surface area contributed by atoms with Gasteiger partial charge in [-0.05, 0) is 88.0 Å². The molecule has 2 unspecified atom stereocenters. The van der Waals surface area contributed by atoms with E-state index in [-0.39, 0.29) is 6.61 Å². The molecule has 4 saturated carbocycles. The Morgan fingerprint density at radius 1 is 1.04 bits per heavy atom. The van der Waals surface area contributed by atoms with Crippen molar-refractivity contribution in [2.75, 3.05) is 19.7 Å². The molecule has 2 N–H and O–H groups in total. The van der Waals surface area contributed by atoms with Crippen molar-refractivity contribution in [2.45, 2.75) is 83.8 Å². The number of likely N-dealkylation sites (tertiary alicyclic amines) is 1. The standard InChI is InChI=1S/C11H18.C9H19NO2/c1-11-5-8-2-9(6-11)4-10(3-8)7-11;1-8-4-2-3-5-10(8)6-9(12)7-11/h8-10H,2-7H2,1H3;8-9,11-12H,2-7H2,1H3. The molecule has 3 heteroatoms. The molecule has 4 bridgehead atoms. The number of rotatable bonds is 3. The number of aliphatic hydroxyl groups excluding tert-OH is 2. The Labute approximate surface area is 142 Å². The summed E-state index contributed by atoms with van der Waals surface area (Å²) in [5, 5.41) is 17.9. The molecule has 4 aliphatic carbocycles. The second-order valence-corrected chi connectivity index (χ2v) is 9.40. The van der Waals surface area contributed by atoms with Gasteiger partial charge in [0.25, 0.3) is 0 Å². The zero-order valence-electron chi connectivity index (χ0n) is 15.2. The SMILES string of the molecule is CC12CC3CC(CC(C3)C1)C2.CC1CCCCN1CC(O)CO. The maximum atomic E-state index is 9.24. The zero-order valence-corrected chi connectivity index (χ0v) is 15.2. The van der Waals surface area contributed by atoms with Crippen molar-refractivity contribution < 1.29 is 10.2 Å². The molecule has 0 radical (unpaired) electrons. The molecule has 0 aromatic rings. The van der Waals surface area contributed by atoms with Crippen molar-refractivity contribution in [2.24, 2.45) is 23.2 Å². The lowest BCUT2D eigenvalue weighted by Gasteiger charge is -2.55. The van der Waals surface area contributed by atoms with Gasteiger partial charge in [-0.15, -0.1) is 0 Å². The van der Waals surface area contributed by atoms with Crippen LogP contribution in [0.1, 0.15) is 71.6 Å². The van der Waals surface area contributed by atoms with E-state index in [1.165, 1.54) is 19.3 Å². The minimum absolute atomic E-state index is 0.122. The molecule has 3 nitrogen and oxygen atoms in total. The number of hydrogen-bond donors (Lipinski definition) is 2. The van der Waals surface area contributed by atoms with Crippen LogP contribution in [-0.2, 0) is 0 Å². The van der Waals surface area contributed by atoms with E-state index in [0.717, 1.165) is 29.7 Å². The summed E-state index contributed by atoms with van der Waals surface area (Å²) < 4.78 is 0. The molecule has 2 atom stereocenters. The minimum Gasteiger partial charge on any atom is -0.394 e. The summed E-state index contributed by atoms with van der Waals surface area (Å²) in [6, 6.07) is 0.569. The predicted octanol–water partition coefficient (Wildman–Crippen LogP) is 3.44. The number of aliphatic hydroxyl groups is 2. The van der Waals surface area contributed by atoms with E-state index in [1.54, 1.807) is 38.5 Å². The first kappa shape index (κ1) is 17.7. The van der Waals surface area contributed by atoms with Crippen molar-refractivity contribution in [1.29, 1.82) is 0 Å². The Kier molecular flexibility index (Phi) is 5.70. The van der Waals surface area contributed by atoms with E-state index in [2.05, 4.69) is 18.7 Å². The molecule has 1 heterocycles. The number of β-amino-alcohol motifs (C(OH)–C–C–N with tert-alkyl or cyclic N) is 1. The number of piperidine rings is 1. The summed E-state index contributed by atoms with van der Waals surface area (Å²) in [5.74, 6) is 3.43. The fourth-order valence-electron chi connectivity index (χ4n) is 6.30. The average Bonchev–Trinajstić information content (AvgIpc) is 2.47. The topological polar surface area (TPSA) is 43.7 Å². The molecule has 5 fully saturated rings. The molecule has 5 rings (SSSR count). The second-order valence-electron chi connectivity index (χ2n) is 9.40. The van der Waals surface area contributed by atoms with Gasteiger partial charge in [-0.1, -0.05) is 13.3 Å². The van der Waals surface area contributed by atoms with E-state index in [1.807, 2.05) is 0 Å². The molecular weight excluding hydrogens is 286 g/mol. The summed E-state index contributed by atoms with van der Waals surface area (Å²) in [5.41, 5.74) is 0.800. The Morgan fingerprint density at radius 3 is 2.04 bits per heavy atom. The van der Waals surface area contributed by atoms with Gasteiger partial charge < -0.3 is 10.2 Å². The van der Waals surface area contributed by atoms with Crippen LogP contribution in [0.3, 0.4) is 0 Å². The van der Waals surface area contributed by atoms with Crippen molar-refractivity contribution in [3.05, 3.63) is 0 Å². The van der Waals surface area contributed by atoms with Gasteiger partial charge in [0.2, 0.25) is 0 Å². The third-order valence-corrected chi connectivity index (χ3v) is 6.94. The van der Waals surface area contributed by atoms with Gasteiger partial charge in [0.1, 0.15) is 0 Å². The Hall–Kier alpha value is -0.120. The maximum absolute atomic E-state index is 9.24. The van der Waals surface area contributed by atoms with Gasteiger partial charge in [-0.3, -0.25) is 4.90 Å². The fraction of sp³-hybridized carbons (Fsp3) is 1.00. The Balaban J connectivity index is 0.000000136. The van der Waals surface area contributed by atoms with E-state index in [4.69, 9.17) is 5.11 Å². The number of nitrogens with zero attached hydrogens (tertiary/aromatic N) is 1. The summed E-state index contributed by atoms with van der Waals surface area (Å²) in [7, 11) is 0. The van der Waals surface area contributed by atoms with Crippen LogP contribution in [0.15, 0.2) is 0 Å². The molecular formula is C20H37NO2. The molecule has 5 aliphatic rings. The lowest BCUT2D eigenvalue weighted by atomic mass is 9.50. The van der Waals surface area contributed by atoms with Crippen molar-refractivity contribution in [3.63, 3.8) is 0 Å². The van der Waals surface area contributed by atoms with Crippen LogP contribution in [-0.4, -0.2) is 47.0 Å². The number of hydrogen-bond acceptors (Lipinski definition) is 3. The molecule has 1 saturated heterocycles. The van der Waals surface area contributed by atoms with Crippen molar-refractivity contribution >= 4 is 0 Å². The quantitative estimate of drug-likeness (QED) is 0.836. The third kappa shape index (κ3) is 4.49. The molecule has 134 valence electrons. The van der Waals surface area contributed by atoms with Gasteiger partial charge >= 0.3 is 0 Å². The zero-order chi connectivity index (χ0) is 16.4. The van der Waals surface area contributed by atoms with Gasteiger partial charge in [-0.2, -0.15) is 0 Å². The van der Waals surface area contributed by atoms with Crippen LogP contribution < -0.4 is 0 Å². The van der Waals surface area contributed by atoms with Gasteiger partial charge in [-0.25, -0.2) is 0 Å². The summed E-state index contributed by atoms with van der Waals surface area (Å²) in [6.07, 6.45) is 12.7. The Morgan fingerprint density at radius 2 is 1.61 bits per heavy atom. The van der Waals surface area contributed by atoms with Crippen LogP contribution in [0, 0.1) is 23.2 Å². The average molecular weight is 324 g/mol. The van der Waals surface area contributed by atoms with E-state index >= 15 is 0 Å². The second kappa shape index (κ2) is 7.41. The molecule has 1 aliphatic heterocycles. The molecule has 0 aromatic carbocycles. The summed E-state index contributed by atoms with van der Waals surface area (Å²) in [4.78, 5) is 2.25. The summed E-state index contributed by atoms with van der Waals surface area (Å²) in [6.45, 7) is 6.29. The lowest BCUT2D eigenvalue weighted by molar-refractivity contribution is -0.0411. The molecule has 0 amide bonds. The molecule has 23 heavy (non-hydrogen) atoms. The van der Waals surface area contributed by atoms with Gasteiger partial charge in [0.15, 0.2) is 0 Å². The minimum atomic E-state index is -0.564. The van der Waals surface area contributed by atoms with Gasteiger partial charge in [0.05, 0.1) is 12.7 Å². The summed E-state index contributed by atoms with van der Waals surface area (Å²) >= 11 is 0. The molecule has 0 spiro atoms. The highest BCUT2D eigenvalue weighted by Gasteiger charge is 2.48. The lowest BCUT2D eigenvalue weighted by Crippen LogP contribution is -2.44. The van der Waals surface area contributed by atoms with E-state index in [0.29, 0.717) is 12.6 Å². The Bertz CT molecular complexity index is 349. The highest BCUT2D eigenvalue weighted by molar-refractivity contribution is 4.99. The van der Waals surface area contributed by atoms with E-state index < -0.39 is 6.10 Å². The van der Waals surface area contributed by atoms with Crippen LogP contribution in [0.4, 0.5) is 0 Å². The highest BCUT2D eigenvalue weighted by Crippen LogP contribution is 2.59. The highest BCUT2D eigenvalue weighted by atomic mass is 16.3. The maximum Gasteiger partial charge on any atom is 0.0897 e. The smallest absolute Gasteiger partial charge is 0.0897 e. The normalized spacial score (nSPS) is 43.8. The van der Waals surface area contributed by atoms with Crippen LogP contribution >= 0.6 is 0 Å². The largest absolute Gasteiger partial charge is 0.394 e. The van der Waals surface area contributed by atoms with E-state index in [9.17, 15) is 5.11 Å². The first-order valence-corrected chi connectivity index (χ1v) is 10.0. The van der Waals surface area contributed by atoms with Crippen molar-refractivity contribution in [1.82, 2.24) is 4.90 Å². The third-order valence-electron chi connectivity index (χ3n) is 6.94. The molecule has 0 aromatic heterocycles.